The number of nitrogens with zero attached hydrogens (tertiary/aromatic N) is 2. The molecule has 0 amide bonds. The van der Waals surface area contributed by atoms with Crippen LogP contribution in [0.5, 0.6) is 0 Å². The summed E-state index contributed by atoms with van der Waals surface area (Å²) in [5.74, 6) is 0.126. The minimum atomic E-state index is -4.40. The average molecular weight is 376 g/mol. The van der Waals surface area contributed by atoms with Crippen LogP contribution in [0, 0.1) is 0 Å². The minimum absolute atomic E-state index is 0.213. The number of aliphatic imine (C=N–C) groups is 1. The van der Waals surface area contributed by atoms with E-state index < -0.39 is 23.8 Å². The molecule has 0 unspecified atom stereocenters. The molecule has 0 spiro atoms. The van der Waals surface area contributed by atoms with E-state index in [9.17, 15) is 18.0 Å². The Bertz CT molecular complexity index is 835. The molecule has 2 aromatic carbocycles. The molecule has 0 bridgehead atoms. The number of esters is 1. The molecule has 0 aromatic heterocycles. The quantitative estimate of drug-likeness (QED) is 0.748. The van der Waals surface area contributed by atoms with Gasteiger partial charge in [0.2, 0.25) is 0 Å². The Hall–Kier alpha value is -2.83. The van der Waals surface area contributed by atoms with E-state index in [-0.39, 0.29) is 6.42 Å². The van der Waals surface area contributed by atoms with Gasteiger partial charge in [0.1, 0.15) is 5.84 Å². The number of hydrogen-bond acceptors (Lipinski definition) is 4. The predicted molar refractivity (Wildman–Crippen MR) is 95.2 cm³/mol. The van der Waals surface area contributed by atoms with E-state index in [0.717, 1.165) is 17.7 Å². The van der Waals surface area contributed by atoms with Crippen molar-refractivity contribution >= 4 is 11.8 Å². The van der Waals surface area contributed by atoms with E-state index in [1.54, 1.807) is 6.07 Å². The number of rotatable bonds is 5. The van der Waals surface area contributed by atoms with Crippen LogP contribution in [0.4, 0.5) is 13.2 Å². The molecule has 1 atom stereocenters. The molecular formula is C20H19F3N2O2. The van der Waals surface area contributed by atoms with Crippen molar-refractivity contribution in [3.8, 4) is 0 Å². The Morgan fingerprint density at radius 3 is 2.52 bits per heavy atom. The molecule has 27 heavy (non-hydrogen) atoms. The number of carbonyl (C=O) groups excluding carboxylic acids is 1. The highest BCUT2D eigenvalue weighted by atomic mass is 19.4. The molecule has 4 nitrogen and oxygen atoms in total. The summed E-state index contributed by atoms with van der Waals surface area (Å²) in [6.07, 6.45) is -4.18. The maximum absolute atomic E-state index is 13.0. The van der Waals surface area contributed by atoms with Crippen LogP contribution < -0.4 is 0 Å². The Labute approximate surface area is 155 Å². The zero-order valence-electron chi connectivity index (χ0n) is 14.7. The first kappa shape index (κ1) is 18.9. The Morgan fingerprint density at radius 1 is 1.15 bits per heavy atom. The SMILES string of the molecule is COC(=O)[C@@H]1CN(Cc2ccccc2)C(Cc2cccc(C(F)(F)F)c2)=N1. The highest BCUT2D eigenvalue weighted by molar-refractivity contribution is 5.91. The van der Waals surface area contributed by atoms with E-state index in [2.05, 4.69) is 4.99 Å². The zero-order chi connectivity index (χ0) is 19.4. The van der Waals surface area contributed by atoms with Gasteiger partial charge in [0, 0.05) is 13.0 Å². The Balaban J connectivity index is 1.83. The lowest BCUT2D eigenvalue weighted by atomic mass is 10.1. The molecule has 2 aromatic rings. The van der Waals surface area contributed by atoms with Crippen LogP contribution in [0.3, 0.4) is 0 Å². The molecule has 0 N–H and O–H groups in total. The number of carbonyl (C=O) groups is 1. The second-order valence-electron chi connectivity index (χ2n) is 6.33. The summed E-state index contributed by atoms with van der Waals surface area (Å²) in [6, 6.07) is 14.1. The fourth-order valence-electron chi connectivity index (χ4n) is 3.04. The van der Waals surface area contributed by atoms with Crippen LogP contribution in [0.1, 0.15) is 16.7 Å². The van der Waals surface area contributed by atoms with Gasteiger partial charge in [0.15, 0.2) is 6.04 Å². The number of amidine groups is 1. The van der Waals surface area contributed by atoms with Crippen molar-refractivity contribution in [2.75, 3.05) is 13.7 Å². The third-order valence-corrected chi connectivity index (χ3v) is 4.37. The smallest absolute Gasteiger partial charge is 0.416 e. The normalized spacial score (nSPS) is 17.0. The van der Waals surface area contributed by atoms with Crippen LogP contribution in [0.2, 0.25) is 0 Å². The van der Waals surface area contributed by atoms with Crippen molar-refractivity contribution in [2.45, 2.75) is 25.2 Å². The van der Waals surface area contributed by atoms with Gasteiger partial charge in [-0.2, -0.15) is 13.2 Å². The fourth-order valence-corrected chi connectivity index (χ4v) is 3.04. The second-order valence-corrected chi connectivity index (χ2v) is 6.33. The molecule has 1 aliphatic heterocycles. The standard InChI is InChI=1S/C20H19F3N2O2/c1-27-19(26)17-13-25(12-14-6-3-2-4-7-14)18(24-17)11-15-8-5-9-16(10-15)20(21,22)23/h2-10,17H,11-13H2,1H3/t17-/m0/s1. The van der Waals surface area contributed by atoms with Gasteiger partial charge < -0.3 is 9.64 Å². The first-order valence-electron chi connectivity index (χ1n) is 8.46. The predicted octanol–water partition coefficient (Wildman–Crippen LogP) is 3.70. The number of hydrogen-bond donors (Lipinski definition) is 0. The van der Waals surface area contributed by atoms with Gasteiger partial charge in [-0.05, 0) is 17.2 Å². The van der Waals surface area contributed by atoms with E-state index in [0.29, 0.717) is 24.5 Å². The highest BCUT2D eigenvalue weighted by Gasteiger charge is 2.32. The molecule has 1 aliphatic rings. The Morgan fingerprint density at radius 2 is 1.85 bits per heavy atom. The van der Waals surface area contributed by atoms with E-state index in [1.165, 1.54) is 13.2 Å². The average Bonchev–Trinajstić information content (AvgIpc) is 3.04. The van der Waals surface area contributed by atoms with E-state index >= 15 is 0 Å². The van der Waals surface area contributed by atoms with Crippen molar-refractivity contribution < 1.29 is 22.7 Å². The van der Waals surface area contributed by atoms with Gasteiger partial charge in [0.25, 0.3) is 0 Å². The molecule has 0 radical (unpaired) electrons. The number of halogens is 3. The summed E-state index contributed by atoms with van der Waals surface area (Å²) < 4.78 is 43.6. The van der Waals surface area contributed by atoms with Crippen LogP contribution in [-0.4, -0.2) is 36.4 Å². The lowest BCUT2D eigenvalue weighted by Gasteiger charge is -2.21. The monoisotopic (exact) mass is 376 g/mol. The van der Waals surface area contributed by atoms with Crippen LogP contribution in [0.15, 0.2) is 59.6 Å². The number of ether oxygens (including phenoxy) is 1. The van der Waals surface area contributed by atoms with Crippen molar-refractivity contribution in [3.05, 3.63) is 71.3 Å². The van der Waals surface area contributed by atoms with Crippen molar-refractivity contribution in [2.24, 2.45) is 4.99 Å². The van der Waals surface area contributed by atoms with Gasteiger partial charge >= 0.3 is 12.1 Å². The third kappa shape index (κ3) is 4.67. The topological polar surface area (TPSA) is 41.9 Å². The largest absolute Gasteiger partial charge is 0.467 e. The maximum atomic E-state index is 13.0. The number of benzene rings is 2. The summed E-state index contributed by atoms with van der Waals surface area (Å²) in [5.41, 5.74) is 0.824. The molecule has 3 rings (SSSR count). The number of alkyl halides is 3. The summed E-state index contributed by atoms with van der Waals surface area (Å²) in [6.45, 7) is 0.863. The van der Waals surface area contributed by atoms with Gasteiger partial charge in [-0.1, -0.05) is 48.5 Å². The van der Waals surface area contributed by atoms with Crippen molar-refractivity contribution in [1.82, 2.24) is 4.90 Å². The summed E-state index contributed by atoms with van der Waals surface area (Å²) >= 11 is 0. The molecule has 142 valence electrons. The first-order chi connectivity index (χ1) is 12.9. The van der Waals surface area contributed by atoms with Gasteiger partial charge in [-0.25, -0.2) is 4.79 Å². The van der Waals surface area contributed by atoms with Gasteiger partial charge in [-0.15, -0.1) is 0 Å². The van der Waals surface area contributed by atoms with E-state index in [1.807, 2.05) is 35.2 Å². The van der Waals surface area contributed by atoms with Gasteiger partial charge in [-0.3, -0.25) is 4.99 Å². The van der Waals surface area contributed by atoms with Crippen molar-refractivity contribution in [1.29, 1.82) is 0 Å². The van der Waals surface area contributed by atoms with Crippen LogP contribution in [0.25, 0.3) is 0 Å². The number of methoxy groups -OCH3 is 1. The Kier molecular flexibility index (Phi) is 5.48. The summed E-state index contributed by atoms with van der Waals surface area (Å²) in [5, 5.41) is 0. The van der Waals surface area contributed by atoms with Crippen LogP contribution >= 0.6 is 0 Å². The lowest BCUT2D eigenvalue weighted by Crippen LogP contribution is -2.32. The second kappa shape index (κ2) is 7.82. The summed E-state index contributed by atoms with van der Waals surface area (Å²) in [4.78, 5) is 18.2. The molecule has 0 saturated heterocycles. The molecule has 0 saturated carbocycles. The minimum Gasteiger partial charge on any atom is -0.467 e. The van der Waals surface area contributed by atoms with Gasteiger partial charge in [0.05, 0.1) is 19.2 Å². The maximum Gasteiger partial charge on any atom is 0.416 e. The molecule has 1 heterocycles. The van der Waals surface area contributed by atoms with Crippen molar-refractivity contribution in [3.63, 3.8) is 0 Å². The molecule has 0 fully saturated rings. The molecule has 7 heteroatoms. The first-order valence-corrected chi connectivity index (χ1v) is 8.46. The highest BCUT2D eigenvalue weighted by Crippen LogP contribution is 2.30. The third-order valence-electron chi connectivity index (χ3n) is 4.37. The lowest BCUT2D eigenvalue weighted by molar-refractivity contribution is -0.142. The zero-order valence-corrected chi connectivity index (χ0v) is 14.7. The molecule has 0 aliphatic carbocycles. The van der Waals surface area contributed by atoms with Crippen LogP contribution in [-0.2, 0) is 28.7 Å². The summed E-state index contributed by atoms with van der Waals surface area (Å²) in [7, 11) is 1.30. The molecular weight excluding hydrogens is 357 g/mol. The fraction of sp³-hybridized carbons (Fsp3) is 0.300. The van der Waals surface area contributed by atoms with E-state index in [4.69, 9.17) is 4.74 Å².